The number of ketones is 1. The second-order valence-corrected chi connectivity index (χ2v) is 7.51. The van der Waals surface area contributed by atoms with Crippen LogP contribution in [-0.2, 0) is 9.59 Å². The minimum atomic E-state index is -0.215. The third kappa shape index (κ3) is 5.00. The van der Waals surface area contributed by atoms with Gasteiger partial charge in [-0.05, 0) is 50.1 Å². The van der Waals surface area contributed by atoms with Crippen LogP contribution in [0.25, 0.3) is 0 Å². The molecular formula is C19H20N2O3S. The fraction of sp³-hybridized carbons (Fsp3) is 0.316. The molecule has 0 radical (unpaired) electrons. The number of nitrogens with one attached hydrogen (secondary N) is 2. The van der Waals surface area contributed by atoms with E-state index in [1.165, 1.54) is 11.3 Å². The molecular weight excluding hydrogens is 336 g/mol. The van der Waals surface area contributed by atoms with E-state index in [1.807, 2.05) is 13.0 Å². The molecule has 0 spiro atoms. The van der Waals surface area contributed by atoms with Gasteiger partial charge in [0.05, 0.1) is 4.88 Å². The normalized spacial score (nSPS) is 13.3. The van der Waals surface area contributed by atoms with Crippen molar-refractivity contribution in [3.8, 4) is 0 Å². The summed E-state index contributed by atoms with van der Waals surface area (Å²) in [5.41, 5.74) is 1.28. The first kappa shape index (κ1) is 17.4. The van der Waals surface area contributed by atoms with Gasteiger partial charge in [0.25, 0.3) is 0 Å². The van der Waals surface area contributed by atoms with E-state index < -0.39 is 0 Å². The van der Waals surface area contributed by atoms with Crippen molar-refractivity contribution in [2.75, 3.05) is 10.6 Å². The molecule has 1 aromatic heterocycles. The van der Waals surface area contributed by atoms with Gasteiger partial charge in [-0.25, -0.2) is 0 Å². The van der Waals surface area contributed by atoms with E-state index in [9.17, 15) is 14.4 Å². The third-order valence-corrected chi connectivity index (χ3v) is 5.00. The lowest BCUT2D eigenvalue weighted by Gasteiger charge is -2.08. The number of carbonyl (C=O) groups is 3. The summed E-state index contributed by atoms with van der Waals surface area (Å²) in [5, 5.41) is 5.62. The minimum Gasteiger partial charge on any atom is -0.326 e. The van der Waals surface area contributed by atoms with Crippen LogP contribution < -0.4 is 10.6 Å². The summed E-state index contributed by atoms with van der Waals surface area (Å²) in [6.07, 6.45) is 2.21. The molecule has 2 aromatic rings. The van der Waals surface area contributed by atoms with Crippen molar-refractivity contribution >= 4 is 40.3 Å². The predicted molar refractivity (Wildman–Crippen MR) is 99.0 cm³/mol. The molecule has 0 saturated heterocycles. The number of anilines is 2. The Morgan fingerprint density at radius 3 is 2.40 bits per heavy atom. The Morgan fingerprint density at radius 2 is 1.76 bits per heavy atom. The Balaban J connectivity index is 1.50. The summed E-state index contributed by atoms with van der Waals surface area (Å²) < 4.78 is 0. The smallest absolute Gasteiger partial charge is 0.227 e. The molecule has 0 bridgehead atoms. The van der Waals surface area contributed by atoms with Crippen LogP contribution in [0, 0.1) is 12.8 Å². The molecule has 3 rings (SSSR count). The van der Waals surface area contributed by atoms with Crippen molar-refractivity contribution in [1.82, 2.24) is 0 Å². The highest BCUT2D eigenvalue weighted by Gasteiger charge is 2.29. The molecule has 2 N–H and O–H groups in total. The van der Waals surface area contributed by atoms with E-state index in [0.29, 0.717) is 16.3 Å². The Bertz CT molecular complexity index is 809. The predicted octanol–water partition coefficient (Wildman–Crippen LogP) is 4.01. The molecule has 0 aliphatic heterocycles. The first-order valence-corrected chi connectivity index (χ1v) is 9.13. The maximum atomic E-state index is 12.1. The number of aryl methyl sites for hydroxylation is 1. The van der Waals surface area contributed by atoms with Gasteiger partial charge in [-0.2, -0.15) is 0 Å². The molecule has 0 unspecified atom stereocenters. The highest BCUT2D eigenvalue weighted by molar-refractivity contribution is 7.14. The summed E-state index contributed by atoms with van der Waals surface area (Å²) >= 11 is 1.45. The van der Waals surface area contributed by atoms with E-state index in [0.717, 1.165) is 17.7 Å². The van der Waals surface area contributed by atoms with Gasteiger partial charge in [0.15, 0.2) is 5.78 Å². The number of benzene rings is 1. The van der Waals surface area contributed by atoms with E-state index in [1.54, 1.807) is 30.3 Å². The van der Waals surface area contributed by atoms with E-state index in [2.05, 4.69) is 10.6 Å². The molecule has 1 heterocycles. The van der Waals surface area contributed by atoms with Crippen molar-refractivity contribution in [2.24, 2.45) is 5.92 Å². The molecule has 2 amide bonds. The lowest BCUT2D eigenvalue weighted by Crippen LogP contribution is -2.15. The number of thiophene rings is 1. The van der Waals surface area contributed by atoms with Crippen LogP contribution in [0.4, 0.5) is 11.4 Å². The van der Waals surface area contributed by atoms with Crippen LogP contribution in [0.3, 0.4) is 0 Å². The molecule has 5 nitrogen and oxygen atoms in total. The number of carbonyl (C=O) groups excluding carboxylic acids is 3. The molecule has 1 aliphatic carbocycles. The van der Waals surface area contributed by atoms with Crippen LogP contribution >= 0.6 is 11.3 Å². The number of amides is 2. The van der Waals surface area contributed by atoms with Crippen molar-refractivity contribution < 1.29 is 14.4 Å². The lowest BCUT2D eigenvalue weighted by molar-refractivity contribution is -0.117. The minimum absolute atomic E-state index is 0.0151. The molecule has 25 heavy (non-hydrogen) atoms. The standard InChI is InChI=1S/C19H20N2O3S/c1-12-5-9-17(25-12)16(22)8-10-18(23)20-14-3-2-4-15(11-14)21-19(24)13-6-7-13/h2-5,9,11,13H,6-8,10H2,1H3,(H,20,23)(H,21,24). The van der Waals surface area contributed by atoms with Gasteiger partial charge in [-0.3, -0.25) is 14.4 Å². The average molecular weight is 356 g/mol. The fourth-order valence-corrected chi connectivity index (χ4v) is 3.26. The Labute approximate surface area is 150 Å². The number of rotatable bonds is 7. The number of hydrogen-bond donors (Lipinski definition) is 2. The Morgan fingerprint density at radius 1 is 1.04 bits per heavy atom. The third-order valence-electron chi connectivity index (χ3n) is 3.96. The van der Waals surface area contributed by atoms with Crippen LogP contribution in [0.5, 0.6) is 0 Å². The van der Waals surface area contributed by atoms with Gasteiger partial charge in [0.2, 0.25) is 11.8 Å². The fourth-order valence-electron chi connectivity index (χ4n) is 2.42. The molecule has 1 aromatic carbocycles. The molecule has 6 heteroatoms. The van der Waals surface area contributed by atoms with Crippen molar-refractivity contribution in [2.45, 2.75) is 32.6 Å². The van der Waals surface area contributed by atoms with Crippen LogP contribution in [0.1, 0.15) is 40.2 Å². The maximum Gasteiger partial charge on any atom is 0.227 e. The zero-order chi connectivity index (χ0) is 17.8. The quantitative estimate of drug-likeness (QED) is 0.736. The average Bonchev–Trinajstić information content (AvgIpc) is 3.34. The van der Waals surface area contributed by atoms with Gasteiger partial charge in [-0.15, -0.1) is 11.3 Å². The summed E-state index contributed by atoms with van der Waals surface area (Å²) in [6, 6.07) is 10.7. The summed E-state index contributed by atoms with van der Waals surface area (Å²) in [6.45, 7) is 1.95. The van der Waals surface area contributed by atoms with Crippen molar-refractivity contribution in [3.05, 3.63) is 46.2 Å². The van der Waals surface area contributed by atoms with Crippen LogP contribution in [0.2, 0.25) is 0 Å². The molecule has 0 atom stereocenters. The maximum absolute atomic E-state index is 12.1. The van der Waals surface area contributed by atoms with Gasteiger partial charge in [0.1, 0.15) is 0 Å². The topological polar surface area (TPSA) is 75.3 Å². The SMILES string of the molecule is Cc1ccc(C(=O)CCC(=O)Nc2cccc(NC(=O)C3CC3)c2)s1. The summed E-state index contributed by atoms with van der Waals surface area (Å²) in [7, 11) is 0. The summed E-state index contributed by atoms with van der Waals surface area (Å²) in [5.74, 6) is -0.0727. The monoisotopic (exact) mass is 356 g/mol. The van der Waals surface area contributed by atoms with E-state index in [4.69, 9.17) is 0 Å². The molecule has 130 valence electrons. The second-order valence-electron chi connectivity index (χ2n) is 6.23. The molecule has 1 saturated carbocycles. The van der Waals surface area contributed by atoms with Gasteiger partial charge in [0, 0.05) is 35.0 Å². The van der Waals surface area contributed by atoms with Crippen molar-refractivity contribution in [3.63, 3.8) is 0 Å². The Hall–Kier alpha value is -2.47. The largest absolute Gasteiger partial charge is 0.326 e. The number of Topliss-reactive ketones (excluding diaryl/α,β-unsaturated/α-hetero) is 1. The highest BCUT2D eigenvalue weighted by atomic mass is 32.1. The Kier molecular flexibility index (Phi) is 5.28. The first-order valence-electron chi connectivity index (χ1n) is 8.31. The zero-order valence-electron chi connectivity index (χ0n) is 14.0. The lowest BCUT2D eigenvalue weighted by atomic mass is 10.2. The molecule has 1 aliphatic rings. The number of hydrogen-bond acceptors (Lipinski definition) is 4. The van der Waals surface area contributed by atoms with Gasteiger partial charge >= 0.3 is 0 Å². The second kappa shape index (κ2) is 7.61. The van der Waals surface area contributed by atoms with E-state index in [-0.39, 0.29) is 36.4 Å². The van der Waals surface area contributed by atoms with Crippen LogP contribution in [-0.4, -0.2) is 17.6 Å². The first-order chi connectivity index (χ1) is 12.0. The van der Waals surface area contributed by atoms with Crippen molar-refractivity contribution in [1.29, 1.82) is 0 Å². The molecule has 1 fully saturated rings. The summed E-state index contributed by atoms with van der Waals surface area (Å²) in [4.78, 5) is 37.7. The van der Waals surface area contributed by atoms with E-state index >= 15 is 0 Å². The van der Waals surface area contributed by atoms with Gasteiger partial charge in [-0.1, -0.05) is 6.07 Å². The highest BCUT2D eigenvalue weighted by Crippen LogP contribution is 2.30. The van der Waals surface area contributed by atoms with Gasteiger partial charge < -0.3 is 10.6 Å². The zero-order valence-corrected chi connectivity index (χ0v) is 14.8. The van der Waals surface area contributed by atoms with Crippen LogP contribution in [0.15, 0.2) is 36.4 Å².